The molecule has 0 heterocycles. The van der Waals surface area contributed by atoms with Crippen LogP contribution in [-0.2, 0) is 9.59 Å². The van der Waals surface area contributed by atoms with E-state index in [1.54, 1.807) is 0 Å². The third-order valence-corrected chi connectivity index (χ3v) is 9.08. The molecule has 4 aliphatic rings. The van der Waals surface area contributed by atoms with E-state index < -0.39 is 0 Å². The summed E-state index contributed by atoms with van der Waals surface area (Å²) in [6.07, 6.45) is 19.1. The Kier molecular flexibility index (Phi) is 5.44. The summed E-state index contributed by atoms with van der Waals surface area (Å²) in [5.74, 6) is 3.03. The highest BCUT2D eigenvalue weighted by molar-refractivity contribution is 6.01. The van der Waals surface area contributed by atoms with E-state index in [-0.39, 0.29) is 16.6 Å². The minimum absolute atomic E-state index is 0.0257. The van der Waals surface area contributed by atoms with E-state index in [9.17, 15) is 9.59 Å². The highest BCUT2D eigenvalue weighted by Crippen LogP contribution is 2.65. The van der Waals surface area contributed by atoms with Gasteiger partial charge in [0, 0.05) is 17.3 Å². The number of ketones is 2. The highest BCUT2D eigenvalue weighted by atomic mass is 16.1. The zero-order valence-corrected chi connectivity index (χ0v) is 18.1. The Morgan fingerprint density at radius 1 is 1.04 bits per heavy atom. The van der Waals surface area contributed by atoms with E-state index in [1.807, 2.05) is 12.2 Å². The van der Waals surface area contributed by atoms with Gasteiger partial charge >= 0.3 is 0 Å². The van der Waals surface area contributed by atoms with Crippen molar-refractivity contribution in [3.63, 3.8) is 0 Å². The minimum atomic E-state index is -0.0708. The van der Waals surface area contributed by atoms with Crippen LogP contribution in [0.1, 0.15) is 91.4 Å². The van der Waals surface area contributed by atoms with Crippen molar-refractivity contribution in [2.24, 2.45) is 34.5 Å². The van der Waals surface area contributed by atoms with Crippen LogP contribution in [0, 0.1) is 34.5 Å². The monoisotopic (exact) mass is 382 g/mol. The molecular formula is C26H38O2. The smallest absolute Gasteiger partial charge is 0.178 e. The molecule has 4 rings (SSSR count). The molecule has 0 aromatic heterocycles. The molecule has 154 valence electrons. The van der Waals surface area contributed by atoms with Crippen molar-refractivity contribution in [3.05, 3.63) is 23.8 Å². The lowest BCUT2D eigenvalue weighted by Crippen LogP contribution is -2.51. The molecule has 3 fully saturated rings. The lowest BCUT2D eigenvalue weighted by Gasteiger charge is -2.57. The molecule has 2 nitrogen and oxygen atoms in total. The molecule has 6 atom stereocenters. The first-order chi connectivity index (χ1) is 13.4. The van der Waals surface area contributed by atoms with Crippen molar-refractivity contribution < 1.29 is 9.59 Å². The van der Waals surface area contributed by atoms with Crippen LogP contribution in [0.15, 0.2) is 23.8 Å². The van der Waals surface area contributed by atoms with E-state index in [0.29, 0.717) is 29.5 Å². The van der Waals surface area contributed by atoms with Gasteiger partial charge in [-0.1, -0.05) is 64.5 Å². The molecule has 0 saturated heterocycles. The summed E-state index contributed by atoms with van der Waals surface area (Å²) in [6.45, 7) is 6.92. The van der Waals surface area contributed by atoms with E-state index in [0.717, 1.165) is 25.7 Å². The summed E-state index contributed by atoms with van der Waals surface area (Å²) < 4.78 is 0. The van der Waals surface area contributed by atoms with Crippen LogP contribution < -0.4 is 0 Å². The van der Waals surface area contributed by atoms with E-state index in [1.165, 1.54) is 50.5 Å². The maximum absolute atomic E-state index is 12.7. The van der Waals surface area contributed by atoms with E-state index >= 15 is 0 Å². The first-order valence-electron chi connectivity index (χ1n) is 11.9. The summed E-state index contributed by atoms with van der Waals surface area (Å²) >= 11 is 0. The second-order valence-electron chi connectivity index (χ2n) is 10.5. The molecule has 4 aliphatic carbocycles. The Morgan fingerprint density at radius 2 is 1.82 bits per heavy atom. The summed E-state index contributed by atoms with van der Waals surface area (Å²) in [5.41, 5.74) is 1.38. The molecule has 0 bridgehead atoms. The Bertz CT molecular complexity index is 701. The van der Waals surface area contributed by atoms with Crippen LogP contribution in [-0.4, -0.2) is 11.6 Å². The van der Waals surface area contributed by atoms with Crippen molar-refractivity contribution in [1.82, 2.24) is 0 Å². The molecule has 0 radical (unpaired) electrons. The molecule has 28 heavy (non-hydrogen) atoms. The second kappa shape index (κ2) is 7.58. The Hall–Kier alpha value is -1.18. The predicted molar refractivity (Wildman–Crippen MR) is 114 cm³/mol. The molecule has 2 heteroatoms. The molecule has 0 aromatic rings. The molecule has 0 amide bonds. The van der Waals surface area contributed by atoms with Gasteiger partial charge in [0.2, 0.25) is 0 Å². The zero-order valence-electron chi connectivity index (χ0n) is 18.1. The van der Waals surface area contributed by atoms with Gasteiger partial charge in [0.25, 0.3) is 0 Å². The van der Waals surface area contributed by atoms with E-state index in [2.05, 4.69) is 26.8 Å². The van der Waals surface area contributed by atoms with Crippen molar-refractivity contribution >= 4 is 11.6 Å². The lowest BCUT2D eigenvalue weighted by molar-refractivity contribution is -0.132. The van der Waals surface area contributed by atoms with Gasteiger partial charge in [-0.3, -0.25) is 9.59 Å². The van der Waals surface area contributed by atoms with Gasteiger partial charge in [0.15, 0.2) is 5.78 Å². The lowest BCUT2D eigenvalue weighted by atomic mass is 9.46. The Labute approximate surface area is 171 Å². The van der Waals surface area contributed by atoms with Gasteiger partial charge in [-0.15, -0.1) is 0 Å². The Balaban J connectivity index is 1.59. The van der Waals surface area contributed by atoms with Gasteiger partial charge in [0.05, 0.1) is 0 Å². The topological polar surface area (TPSA) is 34.1 Å². The van der Waals surface area contributed by atoms with Gasteiger partial charge in [-0.2, -0.15) is 0 Å². The number of Topliss-reactive ketones (excluding diaryl/α,β-unsaturated/α-hetero) is 1. The van der Waals surface area contributed by atoms with Gasteiger partial charge in [-0.05, 0) is 67.9 Å². The number of unbranched alkanes of at least 4 members (excludes halogenated alkanes) is 4. The Morgan fingerprint density at radius 3 is 2.61 bits per heavy atom. The maximum atomic E-state index is 12.7. The van der Waals surface area contributed by atoms with Crippen molar-refractivity contribution in [2.75, 3.05) is 0 Å². The molecule has 3 saturated carbocycles. The molecule has 0 unspecified atom stereocenters. The molecule has 0 aromatic carbocycles. The van der Waals surface area contributed by atoms with Crippen LogP contribution in [0.2, 0.25) is 0 Å². The van der Waals surface area contributed by atoms with Crippen LogP contribution in [0.4, 0.5) is 0 Å². The van der Waals surface area contributed by atoms with Crippen LogP contribution in [0.25, 0.3) is 0 Å². The summed E-state index contributed by atoms with van der Waals surface area (Å²) in [7, 11) is 0. The van der Waals surface area contributed by atoms with Gasteiger partial charge in [-0.25, -0.2) is 0 Å². The summed E-state index contributed by atoms with van der Waals surface area (Å²) in [4.78, 5) is 24.9. The fraction of sp³-hybridized carbons (Fsp3) is 0.769. The number of carbonyl (C=O) groups excluding carboxylic acids is 2. The SMILES string of the molecule is CCCCCCC[C@H]1C[C@@H]2[C@H](CC[C@]3(C)C(=O)CC[C@@H]23)[C@@]2(C)C=CC(=O)C=C12. The summed E-state index contributed by atoms with van der Waals surface area (Å²) in [6, 6.07) is 0. The third kappa shape index (κ3) is 3.15. The van der Waals surface area contributed by atoms with Crippen molar-refractivity contribution in [2.45, 2.75) is 91.4 Å². The summed E-state index contributed by atoms with van der Waals surface area (Å²) in [5, 5.41) is 0. The maximum Gasteiger partial charge on any atom is 0.178 e. The van der Waals surface area contributed by atoms with Crippen molar-refractivity contribution in [3.8, 4) is 0 Å². The fourth-order valence-corrected chi connectivity index (χ4v) is 7.46. The number of rotatable bonds is 6. The predicted octanol–water partition coefficient (Wildman–Crippen LogP) is 6.45. The molecule has 0 aliphatic heterocycles. The van der Waals surface area contributed by atoms with E-state index in [4.69, 9.17) is 0 Å². The first-order valence-corrected chi connectivity index (χ1v) is 11.9. The minimum Gasteiger partial charge on any atom is -0.299 e. The van der Waals surface area contributed by atoms with Crippen LogP contribution in [0.3, 0.4) is 0 Å². The van der Waals surface area contributed by atoms with Crippen LogP contribution >= 0.6 is 0 Å². The number of allylic oxidation sites excluding steroid dienone is 4. The van der Waals surface area contributed by atoms with Crippen molar-refractivity contribution in [1.29, 1.82) is 0 Å². The first kappa shape index (κ1) is 20.1. The quantitative estimate of drug-likeness (QED) is 0.495. The van der Waals surface area contributed by atoms with Crippen LogP contribution in [0.5, 0.6) is 0 Å². The molecule has 0 spiro atoms. The standard InChI is InChI=1S/C26H38O2/c1-4-5-6-7-8-9-18-16-20-21-10-11-24(28)26(21,3)15-13-22(20)25(2)14-12-19(27)17-23(18)25/h12,14,17-18,20-22H,4-11,13,15-16H2,1-3H3/t18-,20-,21-,22-,25+,26-/m0/s1. The molecular weight excluding hydrogens is 344 g/mol. The number of hydrogen-bond acceptors (Lipinski definition) is 2. The normalized spacial score (nSPS) is 42.0. The number of carbonyl (C=O) groups is 2. The number of hydrogen-bond donors (Lipinski definition) is 0. The van der Waals surface area contributed by atoms with Gasteiger partial charge < -0.3 is 0 Å². The fourth-order valence-electron chi connectivity index (χ4n) is 7.46. The highest BCUT2D eigenvalue weighted by Gasteiger charge is 2.59. The largest absolute Gasteiger partial charge is 0.299 e. The average Bonchev–Trinajstić information content (AvgIpc) is 2.98. The molecule has 0 N–H and O–H groups in total. The zero-order chi connectivity index (χ0) is 19.9. The average molecular weight is 383 g/mol. The third-order valence-electron chi connectivity index (χ3n) is 9.08. The van der Waals surface area contributed by atoms with Gasteiger partial charge in [0.1, 0.15) is 5.78 Å². The number of fused-ring (bicyclic) bond motifs is 5. The second-order valence-corrected chi connectivity index (χ2v) is 10.5.